The second-order valence-corrected chi connectivity index (χ2v) is 6.42. The van der Waals surface area contributed by atoms with Gasteiger partial charge in [0.1, 0.15) is 0 Å². The number of carbonyl (C=O) groups excluding carboxylic acids is 1. The molecule has 0 radical (unpaired) electrons. The molecule has 1 aliphatic carbocycles. The van der Waals surface area contributed by atoms with Gasteiger partial charge >= 0.3 is 0 Å². The maximum atomic E-state index is 12.7. The van der Waals surface area contributed by atoms with Crippen LogP contribution in [0.3, 0.4) is 0 Å². The van der Waals surface area contributed by atoms with E-state index in [4.69, 9.17) is 11.6 Å². The molecule has 3 rings (SSSR count). The van der Waals surface area contributed by atoms with Crippen molar-refractivity contribution in [3.8, 4) is 0 Å². The molecule has 1 saturated carbocycles. The van der Waals surface area contributed by atoms with Crippen molar-refractivity contribution in [1.29, 1.82) is 0 Å². The highest BCUT2D eigenvalue weighted by molar-refractivity contribution is 6.30. The number of Topliss-reactive ketones (excluding diaryl/α,β-unsaturated/α-hetero) is 1. The number of aryl methyl sites for hydroxylation is 1. The first-order valence-corrected chi connectivity index (χ1v) is 8.28. The van der Waals surface area contributed by atoms with E-state index in [1.54, 1.807) is 0 Å². The first kappa shape index (κ1) is 15.8. The van der Waals surface area contributed by atoms with Gasteiger partial charge in [0.15, 0.2) is 5.78 Å². The molecule has 0 unspecified atom stereocenters. The summed E-state index contributed by atoms with van der Waals surface area (Å²) in [6.45, 7) is 2.07. The molecule has 0 spiro atoms. The van der Waals surface area contributed by atoms with Gasteiger partial charge in [0.2, 0.25) is 0 Å². The third-order valence-electron chi connectivity index (χ3n) is 4.10. The molecule has 0 bridgehead atoms. The number of hydrogen-bond donors (Lipinski definition) is 0. The molecule has 0 N–H and O–H groups in total. The fraction of sp³-hybridized carbons (Fsp3) is 0.190. The molecule has 0 saturated heterocycles. The van der Waals surface area contributed by atoms with Crippen LogP contribution in [0.25, 0.3) is 12.2 Å². The van der Waals surface area contributed by atoms with Crippen LogP contribution in [0, 0.1) is 6.92 Å². The zero-order valence-corrected chi connectivity index (χ0v) is 13.9. The van der Waals surface area contributed by atoms with Crippen LogP contribution in [0.15, 0.2) is 59.7 Å². The Hall–Kier alpha value is -2.12. The molecule has 116 valence electrons. The summed E-state index contributed by atoms with van der Waals surface area (Å²) in [6.07, 6.45) is 6.72. The molecule has 2 aromatic carbocycles. The van der Waals surface area contributed by atoms with Crippen LogP contribution < -0.4 is 0 Å². The van der Waals surface area contributed by atoms with Gasteiger partial charge in [-0.1, -0.05) is 53.6 Å². The van der Waals surface area contributed by atoms with E-state index in [-0.39, 0.29) is 5.78 Å². The van der Waals surface area contributed by atoms with Crippen molar-refractivity contribution in [3.63, 3.8) is 0 Å². The Morgan fingerprint density at radius 2 is 1.30 bits per heavy atom. The maximum Gasteiger partial charge on any atom is 0.185 e. The molecule has 2 heteroatoms. The first-order chi connectivity index (χ1) is 11.1. The van der Waals surface area contributed by atoms with Gasteiger partial charge < -0.3 is 0 Å². The number of ketones is 1. The highest BCUT2D eigenvalue weighted by Gasteiger charge is 2.20. The molecule has 0 aliphatic heterocycles. The van der Waals surface area contributed by atoms with E-state index in [0.29, 0.717) is 5.02 Å². The maximum absolute atomic E-state index is 12.7. The van der Waals surface area contributed by atoms with Gasteiger partial charge in [-0.25, -0.2) is 0 Å². The van der Waals surface area contributed by atoms with Crippen molar-refractivity contribution in [2.75, 3.05) is 0 Å². The number of hydrogen-bond acceptors (Lipinski definition) is 1. The zero-order chi connectivity index (χ0) is 16.2. The summed E-state index contributed by atoms with van der Waals surface area (Å²) in [5, 5.41) is 0.710. The Morgan fingerprint density at radius 1 is 0.826 bits per heavy atom. The zero-order valence-electron chi connectivity index (χ0n) is 13.2. The van der Waals surface area contributed by atoms with Crippen LogP contribution >= 0.6 is 11.6 Å². The average molecular weight is 323 g/mol. The molecule has 1 fully saturated rings. The Balaban J connectivity index is 1.86. The van der Waals surface area contributed by atoms with E-state index < -0.39 is 0 Å². The van der Waals surface area contributed by atoms with E-state index in [1.165, 1.54) is 5.56 Å². The molecule has 0 aromatic heterocycles. The van der Waals surface area contributed by atoms with Gasteiger partial charge in [-0.2, -0.15) is 0 Å². The Kier molecular flexibility index (Phi) is 4.78. The lowest BCUT2D eigenvalue weighted by Gasteiger charge is -2.16. The largest absolute Gasteiger partial charge is 0.289 e. The Morgan fingerprint density at radius 3 is 1.83 bits per heavy atom. The van der Waals surface area contributed by atoms with E-state index in [9.17, 15) is 4.79 Å². The fourth-order valence-corrected chi connectivity index (χ4v) is 2.93. The van der Waals surface area contributed by atoms with E-state index >= 15 is 0 Å². The van der Waals surface area contributed by atoms with Crippen molar-refractivity contribution in [2.24, 2.45) is 0 Å². The lowest BCUT2D eigenvalue weighted by Crippen LogP contribution is -2.12. The number of benzene rings is 2. The molecule has 0 atom stereocenters. The van der Waals surface area contributed by atoms with Crippen LogP contribution in [-0.4, -0.2) is 5.78 Å². The lowest BCUT2D eigenvalue weighted by molar-refractivity contribution is -0.112. The van der Waals surface area contributed by atoms with Crippen molar-refractivity contribution >= 4 is 29.5 Å². The second kappa shape index (κ2) is 6.97. The van der Waals surface area contributed by atoms with E-state index in [0.717, 1.165) is 41.5 Å². The third kappa shape index (κ3) is 4.00. The highest BCUT2D eigenvalue weighted by atomic mass is 35.5. The average Bonchev–Trinajstić information content (AvgIpc) is 2.55. The molecule has 23 heavy (non-hydrogen) atoms. The molecule has 1 nitrogen and oxygen atoms in total. The second-order valence-electron chi connectivity index (χ2n) is 5.98. The topological polar surface area (TPSA) is 17.1 Å². The summed E-state index contributed by atoms with van der Waals surface area (Å²) in [4.78, 5) is 12.7. The first-order valence-electron chi connectivity index (χ1n) is 7.90. The minimum atomic E-state index is 0.173. The quantitative estimate of drug-likeness (QED) is 0.632. The minimum absolute atomic E-state index is 0.173. The SMILES string of the molecule is Cc1ccc(/C=C2/CCC/C(=C/c3ccc(Cl)cc3)C2=O)cc1. The van der Waals surface area contributed by atoms with Gasteiger partial charge in [-0.15, -0.1) is 0 Å². The van der Waals surface area contributed by atoms with Crippen LogP contribution in [-0.2, 0) is 4.79 Å². The Labute approximate surface area is 142 Å². The smallest absolute Gasteiger partial charge is 0.185 e. The van der Waals surface area contributed by atoms with Crippen LogP contribution in [0.4, 0.5) is 0 Å². The summed E-state index contributed by atoms with van der Waals surface area (Å²) in [5.41, 5.74) is 5.13. The van der Waals surface area contributed by atoms with E-state index in [1.807, 2.05) is 36.4 Å². The minimum Gasteiger partial charge on any atom is -0.289 e. The molecule has 2 aromatic rings. The summed E-state index contributed by atoms with van der Waals surface area (Å²) in [7, 11) is 0. The number of carbonyl (C=O) groups is 1. The van der Waals surface area contributed by atoms with Crippen LogP contribution in [0.2, 0.25) is 5.02 Å². The number of halogens is 1. The molecule has 1 aliphatic rings. The number of allylic oxidation sites excluding steroid dienone is 2. The molecule has 0 amide bonds. The van der Waals surface area contributed by atoms with Crippen molar-refractivity contribution < 1.29 is 4.79 Å². The molecular weight excluding hydrogens is 304 g/mol. The summed E-state index contributed by atoms with van der Waals surface area (Å²) in [6, 6.07) is 15.9. The predicted molar refractivity (Wildman–Crippen MR) is 97.4 cm³/mol. The predicted octanol–water partition coefficient (Wildman–Crippen LogP) is 5.87. The lowest BCUT2D eigenvalue weighted by atomic mass is 9.87. The Bertz CT molecular complexity index is 699. The fourth-order valence-electron chi connectivity index (χ4n) is 2.80. The molecule has 0 heterocycles. The molecular formula is C21H19ClO. The third-order valence-corrected chi connectivity index (χ3v) is 4.36. The van der Waals surface area contributed by atoms with Crippen LogP contribution in [0.1, 0.15) is 36.0 Å². The van der Waals surface area contributed by atoms with Crippen molar-refractivity contribution in [3.05, 3.63) is 81.4 Å². The van der Waals surface area contributed by atoms with E-state index in [2.05, 4.69) is 31.2 Å². The number of rotatable bonds is 2. The summed E-state index contributed by atoms with van der Waals surface area (Å²) < 4.78 is 0. The monoisotopic (exact) mass is 322 g/mol. The summed E-state index contributed by atoms with van der Waals surface area (Å²) >= 11 is 5.91. The van der Waals surface area contributed by atoms with Crippen molar-refractivity contribution in [1.82, 2.24) is 0 Å². The van der Waals surface area contributed by atoms with Crippen LogP contribution in [0.5, 0.6) is 0 Å². The van der Waals surface area contributed by atoms with Gasteiger partial charge in [0.25, 0.3) is 0 Å². The van der Waals surface area contributed by atoms with Gasteiger partial charge in [-0.05, 0) is 61.6 Å². The highest BCUT2D eigenvalue weighted by Crippen LogP contribution is 2.28. The van der Waals surface area contributed by atoms with Gasteiger partial charge in [-0.3, -0.25) is 4.79 Å². The summed E-state index contributed by atoms with van der Waals surface area (Å²) in [5.74, 6) is 0.173. The van der Waals surface area contributed by atoms with Gasteiger partial charge in [0.05, 0.1) is 0 Å². The normalized spacial score (nSPS) is 18.6. The van der Waals surface area contributed by atoms with Crippen molar-refractivity contribution in [2.45, 2.75) is 26.2 Å². The standard InChI is InChI=1S/C21H19ClO/c1-15-5-7-16(8-6-15)13-18-3-2-4-19(21(18)23)14-17-9-11-20(22)12-10-17/h5-14H,2-4H2,1H3/b18-13-,19-14-. The van der Waals surface area contributed by atoms with Gasteiger partial charge in [0, 0.05) is 16.2 Å².